The van der Waals surface area contributed by atoms with E-state index in [4.69, 9.17) is 16.7 Å². The first-order chi connectivity index (χ1) is 17.5. The van der Waals surface area contributed by atoms with Crippen LogP contribution in [0.4, 0.5) is 5.82 Å². The Morgan fingerprint density at radius 2 is 1.86 bits per heavy atom. The number of nitrogens with zero attached hydrogens (tertiary/aromatic N) is 3. The Morgan fingerprint density at radius 1 is 1.19 bits per heavy atom. The molecule has 2 aromatic carbocycles. The van der Waals surface area contributed by atoms with Crippen molar-refractivity contribution in [1.29, 1.82) is 0 Å². The fourth-order valence-electron chi connectivity index (χ4n) is 4.54. The van der Waals surface area contributed by atoms with Crippen LogP contribution >= 0.6 is 23.4 Å². The van der Waals surface area contributed by atoms with Crippen molar-refractivity contribution in [2.75, 3.05) is 17.2 Å². The lowest BCUT2D eigenvalue weighted by Gasteiger charge is -2.25. The third-order valence-corrected chi connectivity index (χ3v) is 8.23. The number of hydrogen-bond donors (Lipinski definition) is 1. The van der Waals surface area contributed by atoms with Crippen molar-refractivity contribution >= 4 is 41.0 Å². The van der Waals surface area contributed by atoms with Crippen LogP contribution in [-0.2, 0) is 15.0 Å². The third-order valence-electron chi connectivity index (χ3n) is 6.65. The molecule has 0 aliphatic carbocycles. The fourth-order valence-corrected chi connectivity index (χ4v) is 6.09. The smallest absolute Gasteiger partial charge is 0.240 e. The molecule has 1 N–H and O–H groups in total. The minimum atomic E-state index is -0.323. The maximum absolute atomic E-state index is 13.7. The molecule has 2 amide bonds. The summed E-state index contributed by atoms with van der Waals surface area (Å²) in [6.45, 7) is 12.3. The molecule has 196 valence electrons. The number of hydrogen-bond acceptors (Lipinski definition) is 4. The minimum absolute atomic E-state index is 0.0192. The van der Waals surface area contributed by atoms with Crippen LogP contribution in [-0.4, -0.2) is 39.9 Å². The van der Waals surface area contributed by atoms with Gasteiger partial charge in [0, 0.05) is 22.0 Å². The standard InChI is InChI=1S/C29H35ClN4O2S/c1-7-19(3)31-23(35)16-33-24(36)17-37-26(20-13-9-10-14-21(20)30)25-27(29(4,5)6)32-34(28(25)33)22-15-11-8-12-18(22)2/h8-15,19,26H,7,16-17H2,1-6H3,(H,31,35). The molecule has 0 saturated heterocycles. The molecule has 0 saturated carbocycles. The van der Waals surface area contributed by atoms with Gasteiger partial charge in [-0.15, -0.1) is 11.8 Å². The largest absolute Gasteiger partial charge is 0.352 e. The van der Waals surface area contributed by atoms with E-state index in [0.717, 1.165) is 34.5 Å². The molecule has 1 aliphatic heterocycles. The van der Waals surface area contributed by atoms with Crippen molar-refractivity contribution in [3.05, 3.63) is 75.9 Å². The van der Waals surface area contributed by atoms with Crippen LogP contribution in [0.25, 0.3) is 5.69 Å². The molecular formula is C29H35ClN4O2S. The highest BCUT2D eigenvalue weighted by atomic mass is 35.5. The summed E-state index contributed by atoms with van der Waals surface area (Å²) < 4.78 is 1.86. The van der Waals surface area contributed by atoms with Crippen molar-refractivity contribution in [2.45, 2.75) is 64.7 Å². The van der Waals surface area contributed by atoms with Crippen molar-refractivity contribution in [3.8, 4) is 5.69 Å². The van der Waals surface area contributed by atoms with E-state index in [1.165, 1.54) is 11.8 Å². The van der Waals surface area contributed by atoms with Gasteiger partial charge in [-0.1, -0.05) is 75.7 Å². The Bertz CT molecular complexity index is 1310. The maximum Gasteiger partial charge on any atom is 0.240 e. The molecule has 37 heavy (non-hydrogen) atoms. The molecule has 2 atom stereocenters. The number of amides is 2. The lowest BCUT2D eigenvalue weighted by molar-refractivity contribution is -0.123. The van der Waals surface area contributed by atoms with Gasteiger partial charge in [-0.2, -0.15) is 5.10 Å². The summed E-state index contributed by atoms with van der Waals surface area (Å²) in [6, 6.07) is 15.8. The van der Waals surface area contributed by atoms with Crippen LogP contribution in [0.3, 0.4) is 0 Å². The highest BCUT2D eigenvalue weighted by molar-refractivity contribution is 8.00. The van der Waals surface area contributed by atoms with Gasteiger partial charge in [0.15, 0.2) is 0 Å². The summed E-state index contributed by atoms with van der Waals surface area (Å²) >= 11 is 8.25. The topological polar surface area (TPSA) is 67.2 Å². The molecule has 1 aliphatic rings. The van der Waals surface area contributed by atoms with Gasteiger partial charge in [0.05, 0.1) is 22.4 Å². The minimum Gasteiger partial charge on any atom is -0.352 e. The fraction of sp³-hybridized carbons (Fsp3) is 0.414. The maximum atomic E-state index is 13.7. The summed E-state index contributed by atoms with van der Waals surface area (Å²) in [5.41, 5.74) is 4.32. The predicted octanol–water partition coefficient (Wildman–Crippen LogP) is 6.22. The summed E-state index contributed by atoms with van der Waals surface area (Å²) in [4.78, 5) is 28.4. The zero-order valence-corrected chi connectivity index (χ0v) is 23.9. The van der Waals surface area contributed by atoms with E-state index in [9.17, 15) is 9.59 Å². The van der Waals surface area contributed by atoms with Crippen LogP contribution in [0.15, 0.2) is 48.5 Å². The second-order valence-corrected chi connectivity index (χ2v) is 12.1. The van der Waals surface area contributed by atoms with Gasteiger partial charge in [0.25, 0.3) is 0 Å². The van der Waals surface area contributed by atoms with Crippen LogP contribution in [0.5, 0.6) is 0 Å². The SMILES string of the molecule is CCC(C)NC(=O)CN1C(=O)CSC(c2ccccc2Cl)c2c(C(C)(C)C)nn(-c3ccccc3C)c21. The Labute approximate surface area is 228 Å². The number of rotatable bonds is 6. The van der Waals surface area contributed by atoms with Gasteiger partial charge in [-0.3, -0.25) is 14.5 Å². The van der Waals surface area contributed by atoms with E-state index >= 15 is 0 Å². The number of benzene rings is 2. The highest BCUT2D eigenvalue weighted by Gasteiger charge is 2.40. The number of aryl methyl sites for hydroxylation is 1. The number of carbonyl (C=O) groups excluding carboxylic acids is 2. The third kappa shape index (κ3) is 5.58. The van der Waals surface area contributed by atoms with E-state index in [2.05, 4.69) is 26.1 Å². The second kappa shape index (κ2) is 10.9. The molecule has 6 nitrogen and oxygen atoms in total. The first kappa shape index (κ1) is 27.3. The Hall–Kier alpha value is -2.77. The average Bonchev–Trinajstić information content (AvgIpc) is 3.18. The van der Waals surface area contributed by atoms with Gasteiger partial charge in [-0.25, -0.2) is 4.68 Å². The second-order valence-electron chi connectivity index (χ2n) is 10.6. The van der Waals surface area contributed by atoms with Gasteiger partial charge >= 0.3 is 0 Å². The van der Waals surface area contributed by atoms with E-state index in [1.54, 1.807) is 4.90 Å². The Morgan fingerprint density at radius 3 is 2.51 bits per heavy atom. The molecule has 8 heteroatoms. The average molecular weight is 539 g/mol. The predicted molar refractivity (Wildman–Crippen MR) is 153 cm³/mol. The highest BCUT2D eigenvalue weighted by Crippen LogP contribution is 2.49. The lowest BCUT2D eigenvalue weighted by atomic mass is 9.87. The normalized spacial score (nSPS) is 16.8. The van der Waals surface area contributed by atoms with Gasteiger partial charge in [-0.05, 0) is 43.5 Å². The van der Waals surface area contributed by atoms with Crippen molar-refractivity contribution < 1.29 is 9.59 Å². The number of fused-ring (bicyclic) bond motifs is 1. The molecule has 0 spiro atoms. The summed E-state index contributed by atoms with van der Waals surface area (Å²) in [5.74, 6) is 0.539. The first-order valence-corrected chi connectivity index (χ1v) is 14.1. The summed E-state index contributed by atoms with van der Waals surface area (Å²) in [6.07, 6.45) is 0.810. The van der Waals surface area contributed by atoms with Crippen molar-refractivity contribution in [3.63, 3.8) is 0 Å². The first-order valence-electron chi connectivity index (χ1n) is 12.7. The monoisotopic (exact) mass is 538 g/mol. The molecule has 1 aromatic heterocycles. The zero-order chi connectivity index (χ0) is 26.9. The van der Waals surface area contributed by atoms with Crippen LogP contribution < -0.4 is 10.2 Å². The molecule has 0 fully saturated rings. The molecule has 4 rings (SSSR count). The molecule has 2 heterocycles. The summed E-state index contributed by atoms with van der Waals surface area (Å²) in [7, 11) is 0. The lowest BCUT2D eigenvalue weighted by Crippen LogP contribution is -2.44. The molecule has 0 bridgehead atoms. The van der Waals surface area contributed by atoms with Gasteiger partial charge < -0.3 is 5.32 Å². The quantitative estimate of drug-likeness (QED) is 0.405. The Balaban J connectivity index is 2.02. The zero-order valence-electron chi connectivity index (χ0n) is 22.3. The van der Waals surface area contributed by atoms with E-state index in [1.807, 2.05) is 74.0 Å². The van der Waals surface area contributed by atoms with Crippen LogP contribution in [0.2, 0.25) is 5.02 Å². The van der Waals surface area contributed by atoms with Crippen molar-refractivity contribution in [2.24, 2.45) is 0 Å². The number of aromatic nitrogens is 2. The number of halogens is 1. The Kier molecular flexibility index (Phi) is 8.05. The van der Waals surface area contributed by atoms with Gasteiger partial charge in [0.2, 0.25) is 11.8 Å². The van der Waals surface area contributed by atoms with Crippen molar-refractivity contribution in [1.82, 2.24) is 15.1 Å². The van der Waals surface area contributed by atoms with Crippen LogP contribution in [0.1, 0.15) is 68.7 Å². The number of carbonyl (C=O) groups is 2. The molecular weight excluding hydrogens is 504 g/mol. The number of anilines is 1. The molecule has 3 aromatic rings. The van der Waals surface area contributed by atoms with E-state index < -0.39 is 0 Å². The number of thioether (sulfide) groups is 1. The number of nitrogens with one attached hydrogen (secondary N) is 1. The molecule has 2 unspecified atom stereocenters. The van der Waals surface area contributed by atoms with Crippen LogP contribution in [0, 0.1) is 6.92 Å². The van der Waals surface area contributed by atoms with Gasteiger partial charge in [0.1, 0.15) is 12.4 Å². The van der Waals surface area contributed by atoms with E-state index in [0.29, 0.717) is 10.8 Å². The molecule has 0 radical (unpaired) electrons. The summed E-state index contributed by atoms with van der Waals surface area (Å²) in [5, 5.41) is 8.59. The van der Waals surface area contributed by atoms with E-state index in [-0.39, 0.29) is 40.8 Å². The number of para-hydroxylation sites is 1.